The molecule has 3 aromatic rings. The molecule has 8 heteroatoms. The summed E-state index contributed by atoms with van der Waals surface area (Å²) in [5.74, 6) is 0.367. The maximum Gasteiger partial charge on any atom is 0.257 e. The van der Waals surface area contributed by atoms with Crippen LogP contribution < -0.4 is 5.32 Å². The fourth-order valence-corrected chi connectivity index (χ4v) is 2.95. The average Bonchev–Trinajstić information content (AvgIpc) is 3.34. The van der Waals surface area contributed by atoms with Crippen molar-refractivity contribution in [1.29, 1.82) is 0 Å². The van der Waals surface area contributed by atoms with E-state index in [0.29, 0.717) is 28.1 Å². The van der Waals surface area contributed by atoms with Crippen LogP contribution in [-0.4, -0.2) is 26.1 Å². The molecule has 1 saturated carbocycles. The Balaban J connectivity index is 1.60. The number of nitrogens with one attached hydrogen (secondary N) is 1. The van der Waals surface area contributed by atoms with Crippen LogP contribution in [0.25, 0.3) is 11.4 Å². The Morgan fingerprint density at radius 1 is 1.16 bits per heavy atom. The van der Waals surface area contributed by atoms with Crippen molar-refractivity contribution in [2.75, 3.05) is 5.32 Å². The van der Waals surface area contributed by atoms with Crippen LogP contribution in [0.1, 0.15) is 29.2 Å². The van der Waals surface area contributed by atoms with Gasteiger partial charge in [-0.2, -0.15) is 0 Å². The van der Waals surface area contributed by atoms with E-state index in [2.05, 4.69) is 20.8 Å². The number of halogens is 2. The maximum atomic E-state index is 12.5. The van der Waals surface area contributed by atoms with E-state index in [9.17, 15) is 4.79 Å². The number of hydrogen-bond donors (Lipinski definition) is 1. The van der Waals surface area contributed by atoms with Crippen LogP contribution in [-0.2, 0) is 0 Å². The van der Waals surface area contributed by atoms with Gasteiger partial charge in [0.25, 0.3) is 5.91 Å². The van der Waals surface area contributed by atoms with Crippen molar-refractivity contribution in [1.82, 2.24) is 20.2 Å². The van der Waals surface area contributed by atoms with Gasteiger partial charge in [-0.3, -0.25) is 4.79 Å². The highest BCUT2D eigenvalue weighted by Crippen LogP contribution is 2.36. The number of rotatable bonds is 4. The zero-order chi connectivity index (χ0) is 17.4. The van der Waals surface area contributed by atoms with Gasteiger partial charge in [0.1, 0.15) is 0 Å². The first-order chi connectivity index (χ1) is 12.1. The molecule has 1 aliphatic rings. The van der Waals surface area contributed by atoms with Crippen LogP contribution in [0.3, 0.4) is 0 Å². The molecular formula is C17H13Cl2N5O. The SMILES string of the molecule is O=C(Nc1cccc(-c2nnnn2C2CC2)c1)c1cccc(Cl)c1Cl. The number of carbonyl (C=O) groups is 1. The zero-order valence-electron chi connectivity index (χ0n) is 13.0. The molecule has 4 rings (SSSR count). The molecule has 25 heavy (non-hydrogen) atoms. The van der Waals surface area contributed by atoms with Gasteiger partial charge in [-0.15, -0.1) is 5.10 Å². The molecule has 0 bridgehead atoms. The van der Waals surface area contributed by atoms with Gasteiger partial charge in [-0.25, -0.2) is 4.68 Å². The summed E-state index contributed by atoms with van der Waals surface area (Å²) in [4.78, 5) is 12.5. The summed E-state index contributed by atoms with van der Waals surface area (Å²) in [6.07, 6.45) is 2.17. The van der Waals surface area contributed by atoms with E-state index in [0.717, 1.165) is 18.4 Å². The van der Waals surface area contributed by atoms with E-state index in [1.807, 2.05) is 22.9 Å². The summed E-state index contributed by atoms with van der Waals surface area (Å²) in [6, 6.07) is 12.7. The molecule has 2 aromatic carbocycles. The number of amides is 1. The van der Waals surface area contributed by atoms with Crippen LogP contribution in [0.5, 0.6) is 0 Å². The van der Waals surface area contributed by atoms with Crippen LogP contribution in [0.2, 0.25) is 10.0 Å². The number of tetrazole rings is 1. The van der Waals surface area contributed by atoms with Crippen LogP contribution in [0.15, 0.2) is 42.5 Å². The Morgan fingerprint density at radius 3 is 2.76 bits per heavy atom. The number of carbonyl (C=O) groups excluding carboxylic acids is 1. The first kappa shape index (κ1) is 16.1. The summed E-state index contributed by atoms with van der Waals surface area (Å²) in [6.45, 7) is 0. The van der Waals surface area contributed by atoms with Crippen molar-refractivity contribution in [3.8, 4) is 11.4 Å². The van der Waals surface area contributed by atoms with Crippen molar-refractivity contribution in [2.24, 2.45) is 0 Å². The molecule has 1 fully saturated rings. The highest BCUT2D eigenvalue weighted by atomic mass is 35.5. The standard InChI is InChI=1S/C17H13Cl2N5O/c18-14-6-2-5-13(15(14)19)17(25)20-11-4-1-3-10(9-11)16-21-22-23-24(16)12-7-8-12/h1-6,9,12H,7-8H2,(H,20,25). The van der Waals surface area contributed by atoms with Crippen LogP contribution in [0, 0.1) is 0 Å². The summed E-state index contributed by atoms with van der Waals surface area (Å²) in [5, 5.41) is 15.3. The first-order valence-electron chi connectivity index (χ1n) is 7.77. The van der Waals surface area contributed by atoms with Gasteiger partial charge in [0.15, 0.2) is 5.82 Å². The molecule has 6 nitrogen and oxygen atoms in total. The summed E-state index contributed by atoms with van der Waals surface area (Å²) in [5.41, 5.74) is 1.79. The van der Waals surface area contributed by atoms with E-state index < -0.39 is 0 Å². The van der Waals surface area contributed by atoms with Crippen molar-refractivity contribution in [2.45, 2.75) is 18.9 Å². The van der Waals surface area contributed by atoms with Gasteiger partial charge >= 0.3 is 0 Å². The Hall–Kier alpha value is -2.44. The van der Waals surface area contributed by atoms with E-state index >= 15 is 0 Å². The van der Waals surface area contributed by atoms with Crippen LogP contribution >= 0.6 is 23.2 Å². The van der Waals surface area contributed by atoms with E-state index in [1.54, 1.807) is 24.3 Å². The predicted octanol–water partition coefficient (Wildman–Crippen LogP) is 4.23. The highest BCUT2D eigenvalue weighted by Gasteiger charge is 2.28. The summed E-state index contributed by atoms with van der Waals surface area (Å²) >= 11 is 12.1. The molecule has 1 amide bonds. The minimum Gasteiger partial charge on any atom is -0.322 e. The van der Waals surface area contributed by atoms with Crippen molar-refractivity contribution in [3.05, 3.63) is 58.1 Å². The van der Waals surface area contributed by atoms with Gasteiger partial charge in [0.2, 0.25) is 0 Å². The molecule has 0 atom stereocenters. The van der Waals surface area contributed by atoms with E-state index in [4.69, 9.17) is 23.2 Å². The normalized spacial score (nSPS) is 13.7. The smallest absolute Gasteiger partial charge is 0.257 e. The molecular weight excluding hydrogens is 361 g/mol. The molecule has 1 heterocycles. The Morgan fingerprint density at radius 2 is 1.96 bits per heavy atom. The Kier molecular flexibility index (Phi) is 4.15. The Bertz CT molecular complexity index is 952. The second-order valence-corrected chi connectivity index (χ2v) is 6.60. The lowest BCUT2D eigenvalue weighted by Gasteiger charge is -2.09. The molecule has 0 spiro atoms. The number of anilines is 1. The minimum atomic E-state index is -0.327. The summed E-state index contributed by atoms with van der Waals surface area (Å²) < 4.78 is 1.83. The third kappa shape index (κ3) is 3.23. The average molecular weight is 374 g/mol. The van der Waals surface area contributed by atoms with Crippen molar-refractivity contribution in [3.63, 3.8) is 0 Å². The second-order valence-electron chi connectivity index (χ2n) is 5.81. The van der Waals surface area contributed by atoms with Gasteiger partial charge in [-0.1, -0.05) is 41.4 Å². The summed E-state index contributed by atoms with van der Waals surface area (Å²) in [7, 11) is 0. The third-order valence-corrected chi connectivity index (χ3v) is 4.78. The number of aromatic nitrogens is 4. The molecule has 0 radical (unpaired) electrons. The fraction of sp³-hybridized carbons (Fsp3) is 0.176. The molecule has 0 unspecified atom stereocenters. The quantitative estimate of drug-likeness (QED) is 0.742. The minimum absolute atomic E-state index is 0.232. The van der Waals surface area contributed by atoms with E-state index in [-0.39, 0.29) is 10.9 Å². The van der Waals surface area contributed by atoms with Gasteiger partial charge < -0.3 is 5.32 Å². The molecule has 126 valence electrons. The number of benzene rings is 2. The molecule has 0 saturated heterocycles. The molecule has 1 aliphatic carbocycles. The molecule has 1 aromatic heterocycles. The zero-order valence-corrected chi connectivity index (χ0v) is 14.5. The van der Waals surface area contributed by atoms with Crippen molar-refractivity contribution >= 4 is 34.8 Å². The first-order valence-corrected chi connectivity index (χ1v) is 8.53. The lowest BCUT2D eigenvalue weighted by Crippen LogP contribution is -2.12. The van der Waals surface area contributed by atoms with Gasteiger partial charge in [-0.05, 0) is 47.5 Å². The second kappa shape index (κ2) is 6.46. The maximum absolute atomic E-state index is 12.5. The number of hydrogen-bond acceptors (Lipinski definition) is 4. The predicted molar refractivity (Wildman–Crippen MR) is 95.9 cm³/mol. The molecule has 0 aliphatic heterocycles. The van der Waals surface area contributed by atoms with Crippen LogP contribution in [0.4, 0.5) is 5.69 Å². The Labute approximate surface area is 153 Å². The third-order valence-electron chi connectivity index (χ3n) is 3.96. The highest BCUT2D eigenvalue weighted by molar-refractivity contribution is 6.44. The number of nitrogens with zero attached hydrogens (tertiary/aromatic N) is 4. The van der Waals surface area contributed by atoms with Gasteiger partial charge in [0, 0.05) is 11.3 Å². The monoisotopic (exact) mass is 373 g/mol. The lowest BCUT2D eigenvalue weighted by molar-refractivity contribution is 0.102. The topological polar surface area (TPSA) is 72.7 Å². The largest absolute Gasteiger partial charge is 0.322 e. The molecule has 1 N–H and O–H groups in total. The van der Waals surface area contributed by atoms with Crippen molar-refractivity contribution < 1.29 is 4.79 Å². The van der Waals surface area contributed by atoms with Gasteiger partial charge in [0.05, 0.1) is 21.7 Å². The fourth-order valence-electron chi connectivity index (χ4n) is 2.56. The lowest BCUT2D eigenvalue weighted by atomic mass is 10.1. The van der Waals surface area contributed by atoms with E-state index in [1.165, 1.54) is 0 Å².